The highest BCUT2D eigenvalue weighted by Crippen LogP contribution is 2.16. The second-order valence-electron chi connectivity index (χ2n) is 6.48. The number of hydrogen-bond acceptors (Lipinski definition) is 3. The van der Waals surface area contributed by atoms with Crippen molar-refractivity contribution in [3.8, 4) is 5.69 Å². The van der Waals surface area contributed by atoms with Gasteiger partial charge in [0, 0.05) is 19.2 Å². The minimum atomic E-state index is -1.04. The zero-order valence-corrected chi connectivity index (χ0v) is 15.6. The Morgan fingerprint density at radius 2 is 1.82 bits per heavy atom. The van der Waals surface area contributed by atoms with E-state index in [1.165, 1.54) is 16.9 Å². The Balaban J connectivity index is 1.69. The molecular weight excluding hydrogens is 361 g/mol. The largest absolute Gasteiger partial charge is 0.478 e. The van der Waals surface area contributed by atoms with E-state index < -0.39 is 5.97 Å². The number of aromatic nitrogens is 2. The van der Waals surface area contributed by atoms with E-state index in [0.717, 1.165) is 0 Å². The number of halogens is 1. The second-order valence-corrected chi connectivity index (χ2v) is 6.48. The molecule has 1 amide bonds. The van der Waals surface area contributed by atoms with Gasteiger partial charge in [0.2, 0.25) is 0 Å². The van der Waals surface area contributed by atoms with Crippen molar-refractivity contribution in [2.45, 2.75) is 13.3 Å². The molecule has 0 saturated heterocycles. The van der Waals surface area contributed by atoms with Gasteiger partial charge in [0.25, 0.3) is 5.91 Å². The predicted molar refractivity (Wildman–Crippen MR) is 102 cm³/mol. The van der Waals surface area contributed by atoms with Crippen molar-refractivity contribution >= 4 is 11.9 Å². The topological polar surface area (TPSA) is 75.4 Å². The van der Waals surface area contributed by atoms with Crippen LogP contribution in [0.3, 0.4) is 0 Å². The van der Waals surface area contributed by atoms with E-state index in [1.807, 2.05) is 0 Å². The van der Waals surface area contributed by atoms with Gasteiger partial charge < -0.3 is 10.0 Å². The molecular formula is C21H20FN3O3. The average Bonchev–Trinajstić information content (AvgIpc) is 3.08. The van der Waals surface area contributed by atoms with Gasteiger partial charge in [-0.2, -0.15) is 5.10 Å². The maximum atomic E-state index is 13.7. The fraction of sp³-hybridized carbons (Fsp3) is 0.190. The Labute approximate surface area is 161 Å². The Morgan fingerprint density at radius 3 is 2.43 bits per heavy atom. The number of amides is 1. The number of carbonyl (C=O) groups excluding carboxylic acids is 1. The molecule has 0 atom stereocenters. The first kappa shape index (κ1) is 19.3. The molecule has 2 aromatic carbocycles. The van der Waals surface area contributed by atoms with Crippen LogP contribution in [0.1, 0.15) is 32.0 Å². The number of hydrogen-bond donors (Lipinski definition) is 1. The number of benzene rings is 2. The van der Waals surface area contributed by atoms with E-state index in [0.29, 0.717) is 35.5 Å². The number of carbonyl (C=O) groups is 2. The number of carboxylic acid groups (broad SMARTS) is 1. The Bertz CT molecular complexity index is 1010. The summed E-state index contributed by atoms with van der Waals surface area (Å²) in [6.45, 7) is 2.06. The summed E-state index contributed by atoms with van der Waals surface area (Å²) < 4.78 is 15.2. The molecule has 144 valence electrons. The molecule has 0 fully saturated rings. The van der Waals surface area contributed by atoms with Crippen LogP contribution in [-0.4, -0.2) is 45.3 Å². The molecule has 0 aliphatic rings. The second kappa shape index (κ2) is 8.04. The molecule has 0 unspecified atom stereocenters. The average molecular weight is 381 g/mol. The molecule has 1 aromatic heterocycles. The summed E-state index contributed by atoms with van der Waals surface area (Å²) in [4.78, 5) is 25.3. The van der Waals surface area contributed by atoms with E-state index in [-0.39, 0.29) is 17.3 Å². The molecule has 0 saturated carbocycles. The van der Waals surface area contributed by atoms with Crippen LogP contribution in [-0.2, 0) is 6.42 Å². The Hall–Kier alpha value is -3.48. The first-order valence-corrected chi connectivity index (χ1v) is 8.75. The lowest BCUT2D eigenvalue weighted by Crippen LogP contribution is -2.29. The summed E-state index contributed by atoms with van der Waals surface area (Å²) in [6.07, 6.45) is 1.73. The van der Waals surface area contributed by atoms with E-state index in [9.17, 15) is 14.0 Å². The zero-order valence-electron chi connectivity index (χ0n) is 15.6. The highest BCUT2D eigenvalue weighted by molar-refractivity contribution is 5.94. The monoisotopic (exact) mass is 381 g/mol. The van der Waals surface area contributed by atoms with Crippen molar-refractivity contribution in [2.24, 2.45) is 0 Å². The van der Waals surface area contributed by atoms with E-state index in [2.05, 4.69) is 5.10 Å². The van der Waals surface area contributed by atoms with Crippen molar-refractivity contribution in [2.75, 3.05) is 13.6 Å². The zero-order chi connectivity index (χ0) is 20.3. The molecule has 0 aliphatic carbocycles. The molecule has 28 heavy (non-hydrogen) atoms. The van der Waals surface area contributed by atoms with Gasteiger partial charge in [-0.15, -0.1) is 0 Å². The molecule has 3 aromatic rings. The highest BCUT2D eigenvalue weighted by atomic mass is 19.1. The fourth-order valence-corrected chi connectivity index (χ4v) is 2.94. The quantitative estimate of drug-likeness (QED) is 0.711. The van der Waals surface area contributed by atoms with Gasteiger partial charge in [0.05, 0.1) is 17.6 Å². The molecule has 0 spiro atoms. The van der Waals surface area contributed by atoms with Crippen LogP contribution >= 0.6 is 0 Å². The molecule has 1 heterocycles. The molecule has 7 heteroatoms. The van der Waals surface area contributed by atoms with E-state index in [4.69, 9.17) is 5.11 Å². The molecule has 0 bridgehead atoms. The number of likely N-dealkylation sites (N-methyl/N-ethyl adjacent to an activating group) is 1. The van der Waals surface area contributed by atoms with Gasteiger partial charge in [0.1, 0.15) is 11.4 Å². The summed E-state index contributed by atoms with van der Waals surface area (Å²) in [7, 11) is 1.67. The summed E-state index contributed by atoms with van der Waals surface area (Å²) in [5, 5.41) is 13.2. The number of nitrogens with zero attached hydrogens (tertiary/aromatic N) is 3. The number of aromatic carboxylic acids is 1. The minimum Gasteiger partial charge on any atom is -0.478 e. The summed E-state index contributed by atoms with van der Waals surface area (Å²) in [5.41, 5.74) is 2.36. The van der Waals surface area contributed by atoms with Gasteiger partial charge in [0.15, 0.2) is 0 Å². The van der Waals surface area contributed by atoms with Crippen molar-refractivity contribution in [1.82, 2.24) is 14.7 Å². The van der Waals surface area contributed by atoms with Crippen LogP contribution < -0.4 is 0 Å². The van der Waals surface area contributed by atoms with Crippen LogP contribution in [0.2, 0.25) is 0 Å². The molecule has 0 radical (unpaired) electrons. The van der Waals surface area contributed by atoms with Crippen LogP contribution in [0.5, 0.6) is 0 Å². The van der Waals surface area contributed by atoms with Crippen LogP contribution in [0.4, 0.5) is 4.39 Å². The van der Waals surface area contributed by atoms with E-state index >= 15 is 0 Å². The summed E-state index contributed by atoms with van der Waals surface area (Å²) in [6, 6.07) is 13.3. The number of carboxylic acids is 1. The van der Waals surface area contributed by atoms with Crippen molar-refractivity contribution in [3.63, 3.8) is 0 Å². The third-order valence-electron chi connectivity index (χ3n) is 4.62. The smallest absolute Gasteiger partial charge is 0.339 e. The lowest BCUT2D eigenvalue weighted by atomic mass is 10.1. The lowest BCUT2D eigenvalue weighted by Gasteiger charge is -2.17. The van der Waals surface area contributed by atoms with Gasteiger partial charge in [-0.3, -0.25) is 4.79 Å². The Kier molecular flexibility index (Phi) is 5.54. The number of rotatable bonds is 6. The lowest BCUT2D eigenvalue weighted by molar-refractivity contribution is 0.0695. The van der Waals surface area contributed by atoms with Gasteiger partial charge >= 0.3 is 5.97 Å². The fourth-order valence-electron chi connectivity index (χ4n) is 2.94. The van der Waals surface area contributed by atoms with Gasteiger partial charge in [-0.05, 0) is 49.2 Å². The maximum absolute atomic E-state index is 13.7. The first-order valence-electron chi connectivity index (χ1n) is 8.75. The summed E-state index contributed by atoms with van der Waals surface area (Å²) in [5.74, 6) is -1.48. The standard InChI is InChI=1S/C21H20FN3O3/c1-14-18(21(27)28)13-23-25(14)17-9-7-16(8-10-17)20(26)24(2)12-11-15-5-3-4-6-19(15)22/h3-10,13H,11-12H2,1-2H3,(H,27,28). The molecule has 1 N–H and O–H groups in total. The van der Waals surface area contributed by atoms with Gasteiger partial charge in [-0.25, -0.2) is 13.9 Å². The first-order chi connectivity index (χ1) is 13.4. The summed E-state index contributed by atoms with van der Waals surface area (Å²) >= 11 is 0. The van der Waals surface area contributed by atoms with E-state index in [1.54, 1.807) is 61.3 Å². The van der Waals surface area contributed by atoms with Crippen LogP contribution in [0.15, 0.2) is 54.7 Å². The maximum Gasteiger partial charge on any atom is 0.339 e. The van der Waals surface area contributed by atoms with Crippen LogP contribution in [0.25, 0.3) is 5.69 Å². The third-order valence-corrected chi connectivity index (χ3v) is 4.62. The SMILES string of the molecule is Cc1c(C(=O)O)cnn1-c1ccc(C(=O)N(C)CCc2ccccc2F)cc1. The highest BCUT2D eigenvalue weighted by Gasteiger charge is 2.15. The van der Waals surface area contributed by atoms with Gasteiger partial charge in [-0.1, -0.05) is 18.2 Å². The minimum absolute atomic E-state index is 0.132. The van der Waals surface area contributed by atoms with Crippen molar-refractivity contribution in [3.05, 3.63) is 82.9 Å². The molecule has 6 nitrogen and oxygen atoms in total. The predicted octanol–water partition coefficient (Wildman–Crippen LogP) is 3.33. The van der Waals surface area contributed by atoms with Crippen LogP contribution in [0, 0.1) is 12.7 Å². The Morgan fingerprint density at radius 1 is 1.14 bits per heavy atom. The molecule has 3 rings (SSSR count). The normalized spacial score (nSPS) is 10.7. The van der Waals surface area contributed by atoms with Crippen molar-refractivity contribution in [1.29, 1.82) is 0 Å². The molecule has 0 aliphatic heterocycles. The third kappa shape index (κ3) is 3.93. The van der Waals surface area contributed by atoms with Crippen molar-refractivity contribution < 1.29 is 19.1 Å².